The average Bonchev–Trinajstić information content (AvgIpc) is 3.50. The number of carbonyl (C=O) groups is 3. The Morgan fingerprint density at radius 1 is 1.06 bits per heavy atom. The third-order valence-electron chi connectivity index (χ3n) is 7.71. The lowest BCUT2D eigenvalue weighted by atomic mass is 9.93. The molecule has 3 atom stereocenters. The molecule has 0 spiro atoms. The number of aryl methyl sites for hydroxylation is 1. The summed E-state index contributed by atoms with van der Waals surface area (Å²) in [6.45, 7) is 0. The van der Waals surface area contributed by atoms with Crippen LogP contribution in [0.1, 0.15) is 57.3 Å². The second-order valence-corrected chi connectivity index (χ2v) is 9.20. The Balaban J connectivity index is 1.72. The maximum atomic E-state index is 13.1. The quantitative estimate of drug-likeness (QED) is 0.440. The zero-order valence-corrected chi connectivity index (χ0v) is 17.3. The normalized spacial score (nSPS) is 24.7. The molecule has 33 heavy (non-hydrogen) atoms. The van der Waals surface area contributed by atoms with Crippen LogP contribution < -0.4 is 5.32 Å². The van der Waals surface area contributed by atoms with Crippen molar-refractivity contribution in [2.45, 2.75) is 31.7 Å². The van der Waals surface area contributed by atoms with Crippen LogP contribution in [0.2, 0.25) is 0 Å². The van der Waals surface area contributed by atoms with Crippen molar-refractivity contribution in [3.63, 3.8) is 0 Å². The number of carboxylic acid groups (broad SMARTS) is 1. The molecular weight excluding hydrogens is 422 g/mol. The van der Waals surface area contributed by atoms with Crippen molar-refractivity contribution in [2.75, 3.05) is 0 Å². The molecular formula is C25H17N3O5. The highest BCUT2D eigenvalue weighted by molar-refractivity contribution is 6.37. The van der Waals surface area contributed by atoms with Crippen molar-refractivity contribution in [1.29, 1.82) is 0 Å². The molecule has 162 valence electrons. The highest BCUT2D eigenvalue weighted by Crippen LogP contribution is 2.54. The zero-order valence-electron chi connectivity index (χ0n) is 17.3. The van der Waals surface area contributed by atoms with E-state index in [4.69, 9.17) is 4.74 Å². The molecule has 3 aliphatic heterocycles. The first-order valence-corrected chi connectivity index (χ1v) is 11.1. The number of hydrogen-bond acceptors (Lipinski definition) is 4. The number of aliphatic carboxylic acids is 1. The number of benzene rings is 2. The number of rotatable bonds is 1. The van der Waals surface area contributed by atoms with Crippen LogP contribution in [0.25, 0.3) is 38.8 Å². The van der Waals surface area contributed by atoms with Gasteiger partial charge in [0.2, 0.25) is 0 Å². The lowest BCUT2D eigenvalue weighted by Gasteiger charge is -2.21. The Morgan fingerprint density at radius 2 is 1.82 bits per heavy atom. The van der Waals surface area contributed by atoms with E-state index in [9.17, 15) is 19.5 Å². The first-order valence-electron chi connectivity index (χ1n) is 11.1. The number of ether oxygens (including phenoxy) is 1. The van der Waals surface area contributed by atoms with Gasteiger partial charge in [-0.3, -0.25) is 19.7 Å². The summed E-state index contributed by atoms with van der Waals surface area (Å²) < 4.78 is 10.5. The lowest BCUT2D eigenvalue weighted by Crippen LogP contribution is -2.23. The summed E-state index contributed by atoms with van der Waals surface area (Å²) in [5.74, 6) is -2.40. The van der Waals surface area contributed by atoms with Gasteiger partial charge in [0.25, 0.3) is 11.8 Å². The van der Waals surface area contributed by atoms with Gasteiger partial charge < -0.3 is 19.0 Å². The van der Waals surface area contributed by atoms with Crippen molar-refractivity contribution in [2.24, 2.45) is 5.92 Å². The van der Waals surface area contributed by atoms with E-state index in [1.54, 1.807) is 0 Å². The third kappa shape index (κ3) is 1.83. The molecule has 8 nitrogen and oxygen atoms in total. The van der Waals surface area contributed by atoms with Crippen molar-refractivity contribution in [3.8, 4) is 0 Å². The number of para-hydroxylation sites is 1. The summed E-state index contributed by atoms with van der Waals surface area (Å²) >= 11 is 0. The molecule has 8 heteroatoms. The molecule has 1 saturated heterocycles. The van der Waals surface area contributed by atoms with Gasteiger partial charge in [-0.05, 0) is 30.5 Å². The fourth-order valence-corrected chi connectivity index (χ4v) is 6.54. The Bertz CT molecular complexity index is 1690. The highest BCUT2D eigenvalue weighted by Gasteiger charge is 2.48. The number of allylic oxidation sites excluding steroid dienone is 1. The van der Waals surface area contributed by atoms with Crippen molar-refractivity contribution in [1.82, 2.24) is 14.5 Å². The Kier molecular flexibility index (Phi) is 2.95. The molecule has 4 aliphatic rings. The van der Waals surface area contributed by atoms with E-state index in [0.717, 1.165) is 50.4 Å². The van der Waals surface area contributed by atoms with Gasteiger partial charge >= 0.3 is 5.97 Å². The second-order valence-electron chi connectivity index (χ2n) is 9.20. The summed E-state index contributed by atoms with van der Waals surface area (Å²) in [6, 6.07) is 7.75. The van der Waals surface area contributed by atoms with E-state index < -0.39 is 30.3 Å². The largest absolute Gasteiger partial charge is 0.481 e. The van der Waals surface area contributed by atoms with E-state index >= 15 is 0 Å². The lowest BCUT2D eigenvalue weighted by molar-refractivity contribution is -0.145. The summed E-state index contributed by atoms with van der Waals surface area (Å²) in [5.41, 5.74) is 5.17. The maximum Gasteiger partial charge on any atom is 0.311 e. The third-order valence-corrected chi connectivity index (χ3v) is 7.71. The van der Waals surface area contributed by atoms with Gasteiger partial charge in [0.05, 0.1) is 27.7 Å². The topological polar surface area (TPSA) is 103 Å². The van der Waals surface area contributed by atoms with Gasteiger partial charge in [0.1, 0.15) is 12.1 Å². The summed E-state index contributed by atoms with van der Waals surface area (Å²) in [4.78, 5) is 38.5. The molecule has 2 bridgehead atoms. The molecule has 0 radical (unpaired) electrons. The van der Waals surface area contributed by atoms with E-state index in [1.165, 1.54) is 0 Å². The number of amides is 2. The van der Waals surface area contributed by atoms with Crippen LogP contribution in [0.3, 0.4) is 0 Å². The van der Waals surface area contributed by atoms with Gasteiger partial charge in [-0.1, -0.05) is 24.3 Å². The van der Waals surface area contributed by atoms with Crippen LogP contribution >= 0.6 is 0 Å². The molecule has 4 aromatic rings. The van der Waals surface area contributed by atoms with Crippen molar-refractivity contribution >= 4 is 56.6 Å². The van der Waals surface area contributed by atoms with Crippen LogP contribution in [-0.2, 0) is 16.0 Å². The molecule has 1 aliphatic carbocycles. The fraction of sp³-hybridized carbons (Fsp3) is 0.240. The van der Waals surface area contributed by atoms with Crippen LogP contribution in [0.15, 0.2) is 30.3 Å². The predicted octanol–water partition coefficient (Wildman–Crippen LogP) is 3.72. The molecule has 0 saturated carbocycles. The number of nitrogens with one attached hydrogen (secondary N) is 1. The van der Waals surface area contributed by atoms with Gasteiger partial charge in [0.15, 0.2) is 6.23 Å². The van der Waals surface area contributed by atoms with Crippen LogP contribution in [0.4, 0.5) is 0 Å². The molecule has 2 amide bonds. The smallest absolute Gasteiger partial charge is 0.311 e. The van der Waals surface area contributed by atoms with Gasteiger partial charge in [-0.25, -0.2) is 0 Å². The molecule has 8 rings (SSSR count). The minimum atomic E-state index is -0.900. The first-order chi connectivity index (χ1) is 16.1. The number of carboxylic acids is 1. The minimum Gasteiger partial charge on any atom is -0.481 e. The van der Waals surface area contributed by atoms with Gasteiger partial charge in [-0.15, -0.1) is 0 Å². The van der Waals surface area contributed by atoms with Crippen molar-refractivity contribution in [3.05, 3.63) is 52.7 Å². The molecule has 2 N–H and O–H groups in total. The van der Waals surface area contributed by atoms with Crippen LogP contribution in [-0.4, -0.2) is 32.0 Å². The van der Waals surface area contributed by atoms with E-state index in [2.05, 4.69) is 16.0 Å². The number of fused-ring (bicyclic) bond motifs is 13. The first kappa shape index (κ1) is 17.6. The summed E-state index contributed by atoms with van der Waals surface area (Å²) in [6.07, 6.45) is 4.74. The number of carbonyl (C=O) groups excluding carboxylic acids is 2. The number of imide groups is 1. The zero-order chi connectivity index (χ0) is 22.2. The van der Waals surface area contributed by atoms with Crippen molar-refractivity contribution < 1.29 is 24.2 Å². The number of aromatic nitrogens is 2. The SMILES string of the molecule is O=C1NC(=O)c2c1c1c3c(n4c1c1c2c2ccccc2n1[C@@H]1C[C@@H](C(=O)O)C4O1)C=CCC3. The standard InChI is InChI=1S/C25H17N3O5/c29-22-18-16-10-5-1-3-7-13(10)27-15-9-12(25(31)32)24(33-15)28-14-8-4-2-6-11(14)17(21(28)20(16)27)19(18)23(30)26-22/h1,3-5,7-8,12,15,24H,2,6,9H2,(H,31,32)(H,26,29,30)/t12-,15+,24?/m1/s1. The maximum absolute atomic E-state index is 13.1. The highest BCUT2D eigenvalue weighted by atomic mass is 16.5. The molecule has 5 heterocycles. The van der Waals surface area contributed by atoms with Crippen LogP contribution in [0, 0.1) is 5.92 Å². The second kappa shape index (κ2) is 5.52. The van der Waals surface area contributed by atoms with E-state index in [-0.39, 0.29) is 5.91 Å². The fourth-order valence-electron chi connectivity index (χ4n) is 6.54. The Hall–Kier alpha value is -3.91. The van der Waals surface area contributed by atoms with Crippen LogP contribution in [0.5, 0.6) is 0 Å². The Morgan fingerprint density at radius 3 is 2.64 bits per heavy atom. The number of hydrogen-bond donors (Lipinski definition) is 2. The predicted molar refractivity (Wildman–Crippen MR) is 119 cm³/mol. The average molecular weight is 439 g/mol. The molecule has 1 fully saturated rings. The molecule has 2 aromatic heterocycles. The van der Waals surface area contributed by atoms with Gasteiger partial charge in [-0.2, -0.15) is 0 Å². The minimum absolute atomic E-state index is 0.327. The number of nitrogens with zero attached hydrogens (tertiary/aromatic N) is 2. The van der Waals surface area contributed by atoms with Gasteiger partial charge in [0, 0.05) is 28.3 Å². The molecule has 1 unspecified atom stereocenters. The van der Waals surface area contributed by atoms with E-state index in [0.29, 0.717) is 24.0 Å². The van der Waals surface area contributed by atoms with E-state index in [1.807, 2.05) is 34.9 Å². The summed E-state index contributed by atoms with van der Waals surface area (Å²) in [5, 5.41) is 14.9. The summed E-state index contributed by atoms with van der Waals surface area (Å²) in [7, 11) is 0. The molecule has 2 aromatic carbocycles. The monoisotopic (exact) mass is 439 g/mol. The Labute approximate surface area is 186 Å².